The molecule has 0 aromatic carbocycles. The van der Waals surface area contributed by atoms with Gasteiger partial charge in [-0.3, -0.25) is 0 Å². The molecule has 0 amide bonds. The standard InChI is InChI=1S/C11H18N4O/c1-7-4-5-12-6-10(7)16-11-13-8(2)9(3)14-15-11/h7,10,12H,4-6H2,1-3H3. The molecule has 1 fully saturated rings. The van der Waals surface area contributed by atoms with Crippen LogP contribution in [-0.2, 0) is 0 Å². The number of rotatable bonds is 2. The number of aryl methyl sites for hydroxylation is 2. The van der Waals surface area contributed by atoms with Crippen LogP contribution in [0.5, 0.6) is 6.01 Å². The maximum atomic E-state index is 5.76. The summed E-state index contributed by atoms with van der Waals surface area (Å²) in [5, 5.41) is 11.3. The highest BCUT2D eigenvalue weighted by Gasteiger charge is 2.23. The van der Waals surface area contributed by atoms with E-state index < -0.39 is 0 Å². The van der Waals surface area contributed by atoms with Gasteiger partial charge in [0.15, 0.2) is 0 Å². The smallest absolute Gasteiger partial charge is 0.336 e. The number of piperidine rings is 1. The molecule has 1 aromatic heterocycles. The Labute approximate surface area is 95.6 Å². The molecular formula is C11H18N4O. The summed E-state index contributed by atoms with van der Waals surface area (Å²) in [4.78, 5) is 4.28. The minimum atomic E-state index is 0.151. The molecule has 1 aliphatic heterocycles. The fourth-order valence-corrected chi connectivity index (χ4v) is 1.74. The maximum absolute atomic E-state index is 5.76. The van der Waals surface area contributed by atoms with Crippen LogP contribution >= 0.6 is 0 Å². The molecule has 16 heavy (non-hydrogen) atoms. The summed E-state index contributed by atoms with van der Waals surface area (Å²) in [5.41, 5.74) is 1.73. The van der Waals surface area contributed by atoms with Crippen molar-refractivity contribution in [2.75, 3.05) is 13.1 Å². The van der Waals surface area contributed by atoms with Gasteiger partial charge in [0.1, 0.15) is 6.10 Å². The number of ether oxygens (including phenoxy) is 1. The van der Waals surface area contributed by atoms with Crippen LogP contribution < -0.4 is 10.1 Å². The van der Waals surface area contributed by atoms with Crippen LogP contribution in [0.1, 0.15) is 24.7 Å². The van der Waals surface area contributed by atoms with E-state index in [0.29, 0.717) is 11.9 Å². The van der Waals surface area contributed by atoms with Gasteiger partial charge in [-0.2, -0.15) is 4.98 Å². The second-order valence-corrected chi connectivity index (χ2v) is 4.39. The summed E-state index contributed by atoms with van der Waals surface area (Å²) >= 11 is 0. The summed E-state index contributed by atoms with van der Waals surface area (Å²) in [6, 6.07) is 0.392. The zero-order valence-corrected chi connectivity index (χ0v) is 10.0. The van der Waals surface area contributed by atoms with Gasteiger partial charge in [0.25, 0.3) is 0 Å². The van der Waals surface area contributed by atoms with E-state index in [1.807, 2.05) is 13.8 Å². The van der Waals surface area contributed by atoms with Gasteiger partial charge in [-0.05, 0) is 32.7 Å². The minimum Gasteiger partial charge on any atom is -0.457 e. The average molecular weight is 222 g/mol. The quantitative estimate of drug-likeness (QED) is 0.804. The van der Waals surface area contributed by atoms with Crippen molar-refractivity contribution in [3.05, 3.63) is 11.4 Å². The molecule has 1 saturated heterocycles. The third-order valence-electron chi connectivity index (χ3n) is 3.09. The Morgan fingerprint density at radius 3 is 2.75 bits per heavy atom. The Balaban J connectivity index is 2.05. The first-order chi connectivity index (χ1) is 7.66. The molecule has 2 rings (SSSR count). The molecule has 0 bridgehead atoms. The molecule has 2 unspecified atom stereocenters. The zero-order valence-electron chi connectivity index (χ0n) is 10.0. The average Bonchev–Trinajstić information content (AvgIpc) is 2.27. The van der Waals surface area contributed by atoms with E-state index in [9.17, 15) is 0 Å². The van der Waals surface area contributed by atoms with E-state index >= 15 is 0 Å². The van der Waals surface area contributed by atoms with Crippen LogP contribution in [0.3, 0.4) is 0 Å². The third-order valence-corrected chi connectivity index (χ3v) is 3.09. The lowest BCUT2D eigenvalue weighted by Gasteiger charge is -2.28. The topological polar surface area (TPSA) is 59.9 Å². The summed E-state index contributed by atoms with van der Waals surface area (Å²) in [7, 11) is 0. The lowest BCUT2D eigenvalue weighted by atomic mass is 9.97. The van der Waals surface area contributed by atoms with Crippen molar-refractivity contribution in [1.29, 1.82) is 0 Å². The van der Waals surface area contributed by atoms with Crippen molar-refractivity contribution in [2.45, 2.75) is 33.3 Å². The van der Waals surface area contributed by atoms with Crippen molar-refractivity contribution in [2.24, 2.45) is 5.92 Å². The number of aromatic nitrogens is 3. The first-order valence-corrected chi connectivity index (χ1v) is 5.72. The van der Waals surface area contributed by atoms with Gasteiger partial charge < -0.3 is 10.1 Å². The summed E-state index contributed by atoms with van der Waals surface area (Å²) in [5.74, 6) is 0.534. The predicted molar refractivity (Wildman–Crippen MR) is 60.4 cm³/mol. The molecule has 2 atom stereocenters. The lowest BCUT2D eigenvalue weighted by Crippen LogP contribution is -2.43. The lowest BCUT2D eigenvalue weighted by molar-refractivity contribution is 0.102. The van der Waals surface area contributed by atoms with Crippen LogP contribution in [0.25, 0.3) is 0 Å². The summed E-state index contributed by atoms with van der Waals surface area (Å²) in [6.45, 7) is 7.92. The Morgan fingerprint density at radius 1 is 1.25 bits per heavy atom. The van der Waals surface area contributed by atoms with Gasteiger partial charge in [0, 0.05) is 6.54 Å². The molecular weight excluding hydrogens is 204 g/mol. The molecule has 5 heteroatoms. The van der Waals surface area contributed by atoms with Crippen LogP contribution in [0.4, 0.5) is 0 Å². The monoisotopic (exact) mass is 222 g/mol. The fourth-order valence-electron chi connectivity index (χ4n) is 1.74. The molecule has 0 saturated carbocycles. The first-order valence-electron chi connectivity index (χ1n) is 5.72. The van der Waals surface area contributed by atoms with E-state index in [2.05, 4.69) is 27.4 Å². The largest absolute Gasteiger partial charge is 0.457 e. The zero-order chi connectivity index (χ0) is 11.5. The highest BCUT2D eigenvalue weighted by molar-refractivity contribution is 5.08. The number of nitrogens with zero attached hydrogens (tertiary/aromatic N) is 3. The van der Waals surface area contributed by atoms with Crippen LogP contribution in [0.15, 0.2) is 0 Å². The van der Waals surface area contributed by atoms with Crippen LogP contribution in [-0.4, -0.2) is 34.4 Å². The molecule has 0 radical (unpaired) electrons. The summed E-state index contributed by atoms with van der Waals surface area (Å²) < 4.78 is 5.76. The van der Waals surface area contributed by atoms with E-state index in [1.165, 1.54) is 0 Å². The number of hydrogen-bond donors (Lipinski definition) is 1. The Morgan fingerprint density at radius 2 is 2.06 bits per heavy atom. The van der Waals surface area contributed by atoms with Crippen molar-refractivity contribution >= 4 is 0 Å². The van der Waals surface area contributed by atoms with Crippen LogP contribution in [0, 0.1) is 19.8 Å². The predicted octanol–water partition coefficient (Wildman–Crippen LogP) is 0.865. The molecule has 1 aliphatic rings. The van der Waals surface area contributed by atoms with E-state index in [0.717, 1.165) is 30.9 Å². The van der Waals surface area contributed by atoms with Crippen molar-refractivity contribution in [3.63, 3.8) is 0 Å². The van der Waals surface area contributed by atoms with Crippen LogP contribution in [0.2, 0.25) is 0 Å². The van der Waals surface area contributed by atoms with E-state index in [4.69, 9.17) is 4.74 Å². The Bertz CT molecular complexity index is 369. The molecule has 0 aliphatic carbocycles. The normalized spacial score (nSPS) is 25.4. The highest BCUT2D eigenvalue weighted by atomic mass is 16.5. The first kappa shape index (κ1) is 11.3. The van der Waals surface area contributed by atoms with Crippen molar-refractivity contribution in [3.8, 4) is 6.01 Å². The Hall–Kier alpha value is -1.23. The fraction of sp³-hybridized carbons (Fsp3) is 0.727. The third kappa shape index (κ3) is 2.47. The molecule has 5 nitrogen and oxygen atoms in total. The molecule has 0 spiro atoms. The van der Waals surface area contributed by atoms with Gasteiger partial charge in [0.05, 0.1) is 11.4 Å². The second kappa shape index (κ2) is 4.74. The Kier molecular flexibility index (Phi) is 3.33. The van der Waals surface area contributed by atoms with E-state index in [1.54, 1.807) is 0 Å². The van der Waals surface area contributed by atoms with Gasteiger partial charge >= 0.3 is 6.01 Å². The molecule has 88 valence electrons. The second-order valence-electron chi connectivity index (χ2n) is 4.39. The SMILES string of the molecule is Cc1nnc(OC2CNCCC2C)nc1C. The van der Waals surface area contributed by atoms with E-state index in [-0.39, 0.29) is 6.10 Å². The maximum Gasteiger partial charge on any atom is 0.336 e. The van der Waals surface area contributed by atoms with Gasteiger partial charge in [-0.25, -0.2) is 0 Å². The number of hydrogen-bond acceptors (Lipinski definition) is 5. The van der Waals surface area contributed by atoms with Crippen molar-refractivity contribution < 1.29 is 4.74 Å². The molecule has 1 aromatic rings. The number of nitrogens with one attached hydrogen (secondary N) is 1. The summed E-state index contributed by atoms with van der Waals surface area (Å²) in [6.07, 6.45) is 1.28. The molecule has 1 N–H and O–H groups in total. The van der Waals surface area contributed by atoms with Gasteiger partial charge in [-0.15, -0.1) is 5.10 Å². The molecule has 2 heterocycles. The van der Waals surface area contributed by atoms with Gasteiger partial charge in [-0.1, -0.05) is 12.0 Å². The minimum absolute atomic E-state index is 0.151. The van der Waals surface area contributed by atoms with Crippen molar-refractivity contribution in [1.82, 2.24) is 20.5 Å². The highest BCUT2D eigenvalue weighted by Crippen LogP contribution is 2.16. The van der Waals surface area contributed by atoms with Gasteiger partial charge in [0.2, 0.25) is 0 Å².